The molecule has 0 unspecified atom stereocenters. The van der Waals surface area contributed by atoms with Gasteiger partial charge in [-0.15, -0.1) is 0 Å². The van der Waals surface area contributed by atoms with E-state index in [2.05, 4.69) is 10.6 Å². The smallest absolute Gasteiger partial charge is 0.323 e. The third kappa shape index (κ3) is 2.38. The van der Waals surface area contributed by atoms with Crippen LogP contribution < -0.4 is 10.6 Å². The molecule has 3 amide bonds. The number of hydrogen-bond acceptors (Lipinski definition) is 3. The van der Waals surface area contributed by atoms with Crippen LogP contribution >= 0.6 is 11.6 Å². The molecule has 7 heteroatoms. The number of halogens is 2. The van der Waals surface area contributed by atoms with Crippen LogP contribution in [0.3, 0.4) is 0 Å². The Morgan fingerprint density at radius 1 is 1.29 bits per heavy atom. The average Bonchev–Trinajstić information content (AvgIpc) is 2.67. The highest BCUT2D eigenvalue weighted by Crippen LogP contribution is 2.29. The minimum absolute atomic E-state index is 0.147. The summed E-state index contributed by atoms with van der Waals surface area (Å²) < 4.78 is 13.8. The van der Waals surface area contributed by atoms with E-state index in [9.17, 15) is 14.0 Å². The number of carbonyl (C=O) groups is 2. The van der Waals surface area contributed by atoms with E-state index in [0.717, 1.165) is 4.90 Å². The van der Waals surface area contributed by atoms with Crippen molar-refractivity contribution in [1.82, 2.24) is 15.5 Å². The van der Waals surface area contributed by atoms with Crippen LogP contribution in [0.5, 0.6) is 0 Å². The molecule has 2 N–H and O–H groups in total. The lowest BCUT2D eigenvalue weighted by Gasteiger charge is -2.31. The Morgan fingerprint density at radius 2 is 2.00 bits per heavy atom. The summed E-state index contributed by atoms with van der Waals surface area (Å²) in [6.45, 7) is 1.19. The Labute approximate surface area is 126 Å². The molecule has 0 aromatic heterocycles. The van der Waals surface area contributed by atoms with Crippen LogP contribution in [0.4, 0.5) is 9.18 Å². The van der Waals surface area contributed by atoms with E-state index < -0.39 is 17.4 Å². The zero-order valence-corrected chi connectivity index (χ0v) is 12.0. The fraction of sp³-hybridized carbons (Fsp3) is 0.429. The van der Waals surface area contributed by atoms with Crippen LogP contribution in [0, 0.1) is 5.82 Å². The SMILES string of the molecule is O=C1NC2(CCNCC2)C(=O)N1Cc1c(F)cccc1Cl. The molecular weight excluding hydrogens is 297 g/mol. The molecule has 112 valence electrons. The Balaban J connectivity index is 1.86. The molecule has 1 aromatic carbocycles. The molecule has 2 saturated heterocycles. The summed E-state index contributed by atoms with van der Waals surface area (Å²) in [6, 6.07) is 3.81. The summed E-state index contributed by atoms with van der Waals surface area (Å²) in [5.74, 6) is -0.817. The molecule has 0 atom stereocenters. The van der Waals surface area contributed by atoms with Crippen molar-refractivity contribution in [2.45, 2.75) is 24.9 Å². The van der Waals surface area contributed by atoms with Gasteiger partial charge in [-0.2, -0.15) is 0 Å². The number of imide groups is 1. The van der Waals surface area contributed by atoms with E-state index >= 15 is 0 Å². The largest absolute Gasteiger partial charge is 0.325 e. The predicted octanol–water partition coefficient (Wildman–Crippen LogP) is 1.65. The molecule has 2 aliphatic rings. The summed E-state index contributed by atoms with van der Waals surface area (Å²) in [7, 11) is 0. The number of nitrogens with one attached hydrogen (secondary N) is 2. The van der Waals surface area contributed by atoms with E-state index in [1.807, 2.05) is 0 Å². The van der Waals surface area contributed by atoms with Crippen LogP contribution in [-0.2, 0) is 11.3 Å². The molecule has 0 aliphatic carbocycles. The third-order valence-electron chi connectivity index (χ3n) is 4.08. The highest BCUT2D eigenvalue weighted by Gasteiger charge is 2.51. The number of nitrogens with zero attached hydrogens (tertiary/aromatic N) is 1. The second-order valence-electron chi connectivity index (χ2n) is 5.35. The maximum atomic E-state index is 13.8. The molecule has 5 nitrogen and oxygen atoms in total. The van der Waals surface area contributed by atoms with Crippen molar-refractivity contribution in [3.8, 4) is 0 Å². The van der Waals surface area contributed by atoms with E-state index in [0.29, 0.717) is 25.9 Å². The lowest BCUT2D eigenvalue weighted by Crippen LogP contribution is -2.53. The number of piperidine rings is 1. The Kier molecular flexibility index (Phi) is 3.59. The average molecular weight is 312 g/mol. The van der Waals surface area contributed by atoms with Gasteiger partial charge >= 0.3 is 6.03 Å². The lowest BCUT2D eigenvalue weighted by molar-refractivity contribution is -0.132. The maximum Gasteiger partial charge on any atom is 0.325 e. The van der Waals surface area contributed by atoms with Gasteiger partial charge in [0.15, 0.2) is 0 Å². The zero-order valence-electron chi connectivity index (χ0n) is 11.3. The molecule has 2 heterocycles. The summed E-state index contributed by atoms with van der Waals surface area (Å²) in [6.07, 6.45) is 1.08. The Bertz CT molecular complexity index is 582. The fourth-order valence-corrected chi connectivity index (χ4v) is 3.08. The minimum atomic E-state index is -0.847. The van der Waals surface area contributed by atoms with E-state index in [4.69, 9.17) is 11.6 Å². The summed E-state index contributed by atoms with van der Waals surface area (Å²) in [5.41, 5.74) is -0.686. The van der Waals surface area contributed by atoms with E-state index in [1.54, 1.807) is 6.07 Å². The standard InChI is InChI=1S/C14H15ClFN3O2/c15-10-2-1-3-11(16)9(10)8-19-12(20)14(18-13(19)21)4-6-17-7-5-14/h1-3,17H,4-8H2,(H,18,21). The molecule has 1 aromatic rings. The van der Waals surface area contributed by atoms with Crippen LogP contribution in [0.1, 0.15) is 18.4 Å². The van der Waals surface area contributed by atoms with Gasteiger partial charge in [-0.1, -0.05) is 17.7 Å². The van der Waals surface area contributed by atoms with E-state index in [1.165, 1.54) is 12.1 Å². The van der Waals surface area contributed by atoms with Crippen LogP contribution in [0.25, 0.3) is 0 Å². The molecule has 21 heavy (non-hydrogen) atoms. The second kappa shape index (κ2) is 5.27. The summed E-state index contributed by atoms with van der Waals surface area (Å²) in [5, 5.41) is 6.12. The lowest BCUT2D eigenvalue weighted by atomic mass is 9.88. The van der Waals surface area contributed by atoms with Gasteiger partial charge < -0.3 is 10.6 Å². The van der Waals surface area contributed by atoms with Crippen molar-refractivity contribution in [2.24, 2.45) is 0 Å². The molecule has 1 spiro atoms. The predicted molar refractivity (Wildman–Crippen MR) is 75.3 cm³/mol. The number of urea groups is 1. The zero-order chi connectivity index (χ0) is 15.0. The van der Waals surface area contributed by atoms with Crippen molar-refractivity contribution in [2.75, 3.05) is 13.1 Å². The van der Waals surface area contributed by atoms with Crippen LogP contribution in [0.15, 0.2) is 18.2 Å². The third-order valence-corrected chi connectivity index (χ3v) is 4.44. The van der Waals surface area contributed by atoms with Gasteiger partial charge in [0.05, 0.1) is 6.54 Å². The number of benzene rings is 1. The number of amides is 3. The first-order chi connectivity index (χ1) is 10.0. The van der Waals surface area contributed by atoms with Gasteiger partial charge in [0.2, 0.25) is 0 Å². The van der Waals surface area contributed by atoms with Crippen molar-refractivity contribution in [3.05, 3.63) is 34.6 Å². The van der Waals surface area contributed by atoms with Gasteiger partial charge in [-0.3, -0.25) is 9.69 Å². The first kappa shape index (κ1) is 14.3. The van der Waals surface area contributed by atoms with Gasteiger partial charge in [-0.05, 0) is 38.1 Å². The molecule has 0 radical (unpaired) electrons. The van der Waals surface area contributed by atoms with Gasteiger partial charge in [0.1, 0.15) is 11.4 Å². The van der Waals surface area contributed by atoms with E-state index in [-0.39, 0.29) is 23.0 Å². The maximum absolute atomic E-state index is 13.8. The van der Waals surface area contributed by atoms with Crippen LogP contribution in [0.2, 0.25) is 5.02 Å². The Morgan fingerprint density at radius 3 is 2.67 bits per heavy atom. The molecule has 2 aliphatic heterocycles. The monoisotopic (exact) mass is 311 g/mol. The van der Waals surface area contributed by atoms with Crippen molar-refractivity contribution < 1.29 is 14.0 Å². The van der Waals surface area contributed by atoms with Gasteiger partial charge in [0.25, 0.3) is 5.91 Å². The highest BCUT2D eigenvalue weighted by molar-refractivity contribution is 6.31. The van der Waals surface area contributed by atoms with Crippen molar-refractivity contribution >= 4 is 23.5 Å². The van der Waals surface area contributed by atoms with Gasteiger partial charge in [0, 0.05) is 10.6 Å². The van der Waals surface area contributed by atoms with Gasteiger partial charge in [-0.25, -0.2) is 9.18 Å². The number of hydrogen-bond donors (Lipinski definition) is 2. The molecule has 3 rings (SSSR count). The first-order valence-electron chi connectivity index (χ1n) is 6.81. The van der Waals surface area contributed by atoms with Crippen molar-refractivity contribution in [3.63, 3.8) is 0 Å². The minimum Gasteiger partial charge on any atom is -0.323 e. The first-order valence-corrected chi connectivity index (χ1v) is 7.19. The highest BCUT2D eigenvalue weighted by atomic mass is 35.5. The molecule has 0 bridgehead atoms. The second-order valence-corrected chi connectivity index (χ2v) is 5.76. The molecule has 0 saturated carbocycles. The van der Waals surface area contributed by atoms with Crippen LogP contribution in [-0.4, -0.2) is 35.5 Å². The summed E-state index contributed by atoms with van der Waals surface area (Å²) >= 11 is 5.96. The molecule has 2 fully saturated rings. The Hall–Kier alpha value is -1.66. The van der Waals surface area contributed by atoms with Crippen molar-refractivity contribution in [1.29, 1.82) is 0 Å². The quantitative estimate of drug-likeness (QED) is 0.817. The summed E-state index contributed by atoms with van der Waals surface area (Å²) in [4.78, 5) is 25.7. The fourth-order valence-electron chi connectivity index (χ4n) is 2.85. The molecular formula is C14H15ClFN3O2. The number of carbonyl (C=O) groups excluding carboxylic acids is 2. The topological polar surface area (TPSA) is 61.4 Å². The number of rotatable bonds is 2. The normalized spacial score (nSPS) is 21.0.